The van der Waals surface area contributed by atoms with Crippen molar-refractivity contribution in [2.75, 3.05) is 13.1 Å². The van der Waals surface area contributed by atoms with Crippen molar-refractivity contribution in [3.05, 3.63) is 23.5 Å². The second-order valence-electron chi connectivity index (χ2n) is 5.39. The van der Waals surface area contributed by atoms with Gasteiger partial charge in [-0.25, -0.2) is 0 Å². The number of rotatable bonds is 3. The first-order chi connectivity index (χ1) is 8.56. The fraction of sp³-hybridized carbons (Fsp3) is 0.643. The van der Waals surface area contributed by atoms with Gasteiger partial charge in [-0.3, -0.25) is 9.88 Å². The minimum atomic E-state index is 0. The van der Waals surface area contributed by atoms with Crippen molar-refractivity contribution in [1.29, 1.82) is 0 Å². The molecule has 4 nitrogen and oxygen atoms in total. The summed E-state index contributed by atoms with van der Waals surface area (Å²) in [5.74, 6) is 0.940. The van der Waals surface area contributed by atoms with Crippen molar-refractivity contribution in [2.24, 2.45) is 11.7 Å². The maximum Gasteiger partial charge on any atom is 0.138 e. The Hall–Kier alpha value is -0.840. The molecule has 19 heavy (non-hydrogen) atoms. The van der Waals surface area contributed by atoms with E-state index < -0.39 is 0 Å². The van der Waals surface area contributed by atoms with Crippen LogP contribution >= 0.6 is 12.4 Å². The molecule has 0 bridgehead atoms. The van der Waals surface area contributed by atoms with Gasteiger partial charge in [0.05, 0.1) is 5.69 Å². The lowest BCUT2D eigenvalue weighted by Gasteiger charge is -2.33. The van der Waals surface area contributed by atoms with Crippen LogP contribution in [0.3, 0.4) is 0 Å². The molecule has 1 unspecified atom stereocenters. The standard InChI is InChI=1S/C14H23N3O.ClH/c1-10-3-4-14(18)13(16-10)9-17-7-5-12(6-8-17)11(2)15;/h3-4,11-12,18H,5-9,15H2,1-2H3;1H. The van der Waals surface area contributed by atoms with Crippen LogP contribution in [-0.4, -0.2) is 34.1 Å². The van der Waals surface area contributed by atoms with E-state index in [0.717, 1.165) is 43.9 Å². The molecule has 1 aliphatic rings. The van der Waals surface area contributed by atoms with Crippen molar-refractivity contribution in [3.8, 4) is 5.75 Å². The summed E-state index contributed by atoms with van der Waals surface area (Å²) in [6.07, 6.45) is 2.29. The molecule has 1 aromatic heterocycles. The second kappa shape index (κ2) is 7.08. The van der Waals surface area contributed by atoms with Crippen LogP contribution in [0, 0.1) is 12.8 Å². The maximum absolute atomic E-state index is 9.80. The largest absolute Gasteiger partial charge is 0.506 e. The number of aryl methyl sites for hydroxylation is 1. The highest BCUT2D eigenvalue weighted by atomic mass is 35.5. The summed E-state index contributed by atoms with van der Waals surface area (Å²) in [6, 6.07) is 3.85. The fourth-order valence-corrected chi connectivity index (χ4v) is 2.57. The van der Waals surface area contributed by atoms with Crippen LogP contribution < -0.4 is 5.73 Å². The zero-order chi connectivity index (χ0) is 13.1. The molecule has 0 radical (unpaired) electrons. The average Bonchev–Trinajstić information content (AvgIpc) is 2.34. The van der Waals surface area contributed by atoms with E-state index in [2.05, 4.69) is 16.8 Å². The normalized spacial score (nSPS) is 18.9. The summed E-state index contributed by atoms with van der Waals surface area (Å²) in [5, 5.41) is 9.80. The van der Waals surface area contributed by atoms with Crippen molar-refractivity contribution >= 4 is 12.4 Å². The third kappa shape index (κ3) is 4.34. The molecule has 0 spiro atoms. The Bertz CT molecular complexity index is 404. The van der Waals surface area contributed by atoms with Gasteiger partial charge in [0.25, 0.3) is 0 Å². The number of hydrogen-bond acceptors (Lipinski definition) is 4. The molecule has 0 saturated carbocycles. The Morgan fingerprint density at radius 2 is 2.05 bits per heavy atom. The summed E-state index contributed by atoms with van der Waals surface area (Å²) in [6.45, 7) is 6.86. The van der Waals surface area contributed by atoms with E-state index in [1.807, 2.05) is 13.0 Å². The van der Waals surface area contributed by atoms with Gasteiger partial charge < -0.3 is 10.8 Å². The molecule has 3 N–H and O–H groups in total. The van der Waals surface area contributed by atoms with Gasteiger partial charge in [-0.05, 0) is 57.8 Å². The van der Waals surface area contributed by atoms with Gasteiger partial charge in [0.15, 0.2) is 0 Å². The maximum atomic E-state index is 9.80. The van der Waals surface area contributed by atoms with E-state index >= 15 is 0 Å². The Kier molecular flexibility index (Phi) is 6.04. The highest BCUT2D eigenvalue weighted by Gasteiger charge is 2.22. The van der Waals surface area contributed by atoms with E-state index in [-0.39, 0.29) is 18.4 Å². The molecule has 0 amide bonds. The second-order valence-corrected chi connectivity index (χ2v) is 5.39. The summed E-state index contributed by atoms with van der Waals surface area (Å²) < 4.78 is 0. The lowest BCUT2D eigenvalue weighted by molar-refractivity contribution is 0.163. The van der Waals surface area contributed by atoms with Crippen LogP contribution in [0.4, 0.5) is 0 Å². The van der Waals surface area contributed by atoms with Gasteiger partial charge in [0.1, 0.15) is 5.75 Å². The number of pyridine rings is 1. The number of nitrogens with zero attached hydrogens (tertiary/aromatic N) is 2. The molecule has 1 atom stereocenters. The average molecular weight is 286 g/mol. The van der Waals surface area contributed by atoms with Crippen molar-refractivity contribution < 1.29 is 5.11 Å². The van der Waals surface area contributed by atoms with E-state index in [1.54, 1.807) is 6.07 Å². The Morgan fingerprint density at radius 3 is 2.63 bits per heavy atom. The van der Waals surface area contributed by atoms with Crippen molar-refractivity contribution in [2.45, 2.75) is 39.3 Å². The Balaban J connectivity index is 0.00000180. The van der Waals surface area contributed by atoms with Gasteiger partial charge >= 0.3 is 0 Å². The van der Waals surface area contributed by atoms with E-state index in [1.165, 1.54) is 0 Å². The number of aromatic nitrogens is 1. The minimum Gasteiger partial charge on any atom is -0.506 e. The van der Waals surface area contributed by atoms with Gasteiger partial charge in [-0.2, -0.15) is 0 Å². The topological polar surface area (TPSA) is 62.4 Å². The molecular weight excluding hydrogens is 262 g/mol. The first kappa shape index (κ1) is 16.2. The smallest absolute Gasteiger partial charge is 0.138 e. The van der Waals surface area contributed by atoms with Crippen LogP contribution in [0.2, 0.25) is 0 Å². The zero-order valence-electron chi connectivity index (χ0n) is 11.7. The lowest BCUT2D eigenvalue weighted by atomic mass is 9.91. The summed E-state index contributed by atoms with van der Waals surface area (Å²) in [4.78, 5) is 6.75. The third-order valence-electron chi connectivity index (χ3n) is 3.84. The van der Waals surface area contributed by atoms with Gasteiger partial charge in [-0.1, -0.05) is 0 Å². The Labute approximate surface area is 121 Å². The third-order valence-corrected chi connectivity index (χ3v) is 3.84. The van der Waals surface area contributed by atoms with Crippen LogP contribution in [0.5, 0.6) is 5.75 Å². The zero-order valence-corrected chi connectivity index (χ0v) is 12.5. The predicted octanol–water partition coefficient (Wildman–Crippen LogP) is 2.08. The molecule has 1 aliphatic heterocycles. The number of halogens is 1. The molecule has 108 valence electrons. The van der Waals surface area contributed by atoms with Crippen LogP contribution in [0.1, 0.15) is 31.2 Å². The molecule has 1 fully saturated rings. The Morgan fingerprint density at radius 1 is 1.42 bits per heavy atom. The fourth-order valence-electron chi connectivity index (χ4n) is 2.57. The highest BCUT2D eigenvalue weighted by molar-refractivity contribution is 5.85. The molecule has 5 heteroatoms. The van der Waals surface area contributed by atoms with E-state index in [4.69, 9.17) is 5.73 Å². The number of hydrogen-bond donors (Lipinski definition) is 2. The number of likely N-dealkylation sites (tertiary alicyclic amines) is 1. The molecular formula is C14H24ClN3O. The molecule has 1 aromatic rings. The highest BCUT2D eigenvalue weighted by Crippen LogP contribution is 2.23. The summed E-state index contributed by atoms with van der Waals surface area (Å²) in [5.41, 5.74) is 7.68. The molecule has 2 rings (SSSR count). The quantitative estimate of drug-likeness (QED) is 0.892. The SMILES string of the molecule is Cc1ccc(O)c(CN2CCC(C(C)N)CC2)n1.Cl. The minimum absolute atomic E-state index is 0. The van der Waals surface area contributed by atoms with E-state index in [0.29, 0.717) is 11.7 Å². The summed E-state index contributed by atoms with van der Waals surface area (Å²) in [7, 11) is 0. The first-order valence-corrected chi connectivity index (χ1v) is 6.69. The van der Waals surface area contributed by atoms with Gasteiger partial charge in [0.2, 0.25) is 0 Å². The van der Waals surface area contributed by atoms with Gasteiger partial charge in [0, 0.05) is 18.3 Å². The van der Waals surface area contributed by atoms with E-state index in [9.17, 15) is 5.11 Å². The number of aromatic hydroxyl groups is 1. The van der Waals surface area contributed by atoms with Gasteiger partial charge in [-0.15, -0.1) is 12.4 Å². The summed E-state index contributed by atoms with van der Waals surface area (Å²) >= 11 is 0. The molecule has 0 aromatic carbocycles. The van der Waals surface area contributed by atoms with Crippen LogP contribution in [0.15, 0.2) is 12.1 Å². The van der Waals surface area contributed by atoms with Crippen LogP contribution in [-0.2, 0) is 6.54 Å². The van der Waals surface area contributed by atoms with Crippen LogP contribution in [0.25, 0.3) is 0 Å². The predicted molar refractivity (Wildman–Crippen MR) is 79.5 cm³/mol. The monoisotopic (exact) mass is 285 g/mol. The number of piperidine rings is 1. The van der Waals surface area contributed by atoms with Crippen molar-refractivity contribution in [1.82, 2.24) is 9.88 Å². The number of nitrogens with two attached hydrogens (primary N) is 1. The first-order valence-electron chi connectivity index (χ1n) is 6.69. The molecule has 2 heterocycles. The lowest BCUT2D eigenvalue weighted by Crippen LogP contribution is -2.39. The van der Waals surface area contributed by atoms with Crippen molar-refractivity contribution in [3.63, 3.8) is 0 Å². The molecule has 0 aliphatic carbocycles. The molecule has 1 saturated heterocycles.